The van der Waals surface area contributed by atoms with Gasteiger partial charge >= 0.3 is 0 Å². The molecule has 0 saturated carbocycles. The van der Waals surface area contributed by atoms with Gasteiger partial charge in [0.15, 0.2) is 0 Å². The predicted molar refractivity (Wildman–Crippen MR) is 64.4 cm³/mol. The van der Waals surface area contributed by atoms with Crippen LogP contribution in [0.15, 0.2) is 24.3 Å². The second-order valence-corrected chi connectivity index (χ2v) is 6.60. The Kier molecular flexibility index (Phi) is 3.49. The molecule has 1 fully saturated rings. The first kappa shape index (κ1) is 12.5. The molecule has 2 rings (SSSR count). The van der Waals surface area contributed by atoms with E-state index >= 15 is 0 Å². The second-order valence-electron chi connectivity index (χ2n) is 4.63. The van der Waals surface area contributed by atoms with E-state index in [1.54, 1.807) is 0 Å². The molecule has 0 aromatic heterocycles. The van der Waals surface area contributed by atoms with Gasteiger partial charge in [0, 0.05) is 13.1 Å². The molecule has 0 bridgehead atoms. The normalized spacial score (nSPS) is 21.9. The lowest BCUT2D eigenvalue weighted by Crippen LogP contribution is -2.29. The lowest BCUT2D eigenvalue weighted by molar-refractivity contribution is 0.463. The van der Waals surface area contributed by atoms with Crippen molar-refractivity contribution in [1.29, 1.82) is 0 Å². The van der Waals surface area contributed by atoms with Crippen molar-refractivity contribution in [3.63, 3.8) is 0 Å². The molecule has 0 N–H and O–H groups in total. The third-order valence-electron chi connectivity index (χ3n) is 3.04. The van der Waals surface area contributed by atoms with Gasteiger partial charge < -0.3 is 0 Å². The maximum atomic E-state index is 12.7. The van der Waals surface area contributed by atoms with Crippen LogP contribution in [0.2, 0.25) is 0 Å². The molecular formula is C12H16FNO2S. The molecule has 1 saturated heterocycles. The first-order valence-corrected chi connectivity index (χ1v) is 7.30. The fraction of sp³-hybridized carbons (Fsp3) is 0.500. The molecule has 0 amide bonds. The third-order valence-corrected chi connectivity index (χ3v) is 4.86. The van der Waals surface area contributed by atoms with Crippen LogP contribution in [0.3, 0.4) is 0 Å². The number of nitrogens with zero attached hydrogens (tertiary/aromatic N) is 1. The molecule has 94 valence electrons. The Hall–Kier alpha value is -0.940. The Morgan fingerprint density at radius 3 is 2.53 bits per heavy atom. The Morgan fingerprint density at radius 2 is 2.00 bits per heavy atom. The summed E-state index contributed by atoms with van der Waals surface area (Å²) in [7, 11) is -3.25. The van der Waals surface area contributed by atoms with Gasteiger partial charge in [-0.3, -0.25) is 0 Å². The highest BCUT2D eigenvalue weighted by atomic mass is 32.2. The Balaban J connectivity index is 2.09. The Labute approximate surface area is 101 Å². The van der Waals surface area contributed by atoms with E-state index in [4.69, 9.17) is 0 Å². The molecule has 5 heteroatoms. The van der Waals surface area contributed by atoms with Gasteiger partial charge in [0.1, 0.15) is 5.82 Å². The van der Waals surface area contributed by atoms with Gasteiger partial charge in [-0.1, -0.05) is 19.1 Å². The summed E-state index contributed by atoms with van der Waals surface area (Å²) in [5.41, 5.74) is 0.631. The fourth-order valence-corrected chi connectivity index (χ4v) is 3.69. The van der Waals surface area contributed by atoms with E-state index in [2.05, 4.69) is 0 Å². The highest BCUT2D eigenvalue weighted by Gasteiger charge is 2.29. The number of halogens is 1. The predicted octanol–water partition coefficient (Wildman–Crippen LogP) is 2.00. The van der Waals surface area contributed by atoms with Crippen LogP contribution in [0, 0.1) is 11.7 Å². The van der Waals surface area contributed by atoms with Crippen molar-refractivity contribution < 1.29 is 12.8 Å². The first-order valence-electron chi connectivity index (χ1n) is 5.69. The molecule has 1 aromatic rings. The number of hydrogen-bond donors (Lipinski definition) is 0. The molecular weight excluding hydrogens is 241 g/mol. The van der Waals surface area contributed by atoms with Gasteiger partial charge in [-0.2, -0.15) is 0 Å². The SMILES string of the molecule is CC1CCN(S(=O)(=O)Cc2ccc(F)cc2)C1. The number of sulfonamides is 1. The van der Waals surface area contributed by atoms with Crippen molar-refractivity contribution in [3.05, 3.63) is 35.6 Å². The van der Waals surface area contributed by atoms with Crippen LogP contribution in [0.1, 0.15) is 18.9 Å². The maximum Gasteiger partial charge on any atom is 0.218 e. The first-order chi connectivity index (χ1) is 7.97. The number of rotatable bonds is 3. The average Bonchev–Trinajstić information content (AvgIpc) is 2.69. The van der Waals surface area contributed by atoms with Gasteiger partial charge in [-0.15, -0.1) is 0 Å². The molecule has 1 unspecified atom stereocenters. The van der Waals surface area contributed by atoms with Crippen molar-refractivity contribution in [3.8, 4) is 0 Å². The molecule has 0 aliphatic carbocycles. The largest absolute Gasteiger partial charge is 0.218 e. The topological polar surface area (TPSA) is 37.4 Å². The van der Waals surface area contributed by atoms with Gasteiger partial charge in [-0.05, 0) is 30.0 Å². The molecule has 1 atom stereocenters. The van der Waals surface area contributed by atoms with Crippen LogP contribution in [0.4, 0.5) is 4.39 Å². The lowest BCUT2D eigenvalue weighted by atomic mass is 10.2. The summed E-state index contributed by atoms with van der Waals surface area (Å²) >= 11 is 0. The zero-order chi connectivity index (χ0) is 12.5. The van der Waals surface area contributed by atoms with E-state index in [1.165, 1.54) is 28.6 Å². The van der Waals surface area contributed by atoms with Crippen molar-refractivity contribution in [2.45, 2.75) is 19.1 Å². The van der Waals surface area contributed by atoms with E-state index in [0.29, 0.717) is 24.6 Å². The molecule has 1 aliphatic rings. The van der Waals surface area contributed by atoms with Crippen LogP contribution in [-0.4, -0.2) is 25.8 Å². The van der Waals surface area contributed by atoms with Crippen LogP contribution >= 0.6 is 0 Å². The minimum atomic E-state index is -3.25. The molecule has 17 heavy (non-hydrogen) atoms. The summed E-state index contributed by atoms with van der Waals surface area (Å²) in [5, 5.41) is 0. The third kappa shape index (κ3) is 3.04. The van der Waals surface area contributed by atoms with E-state index in [0.717, 1.165) is 6.42 Å². The zero-order valence-electron chi connectivity index (χ0n) is 9.77. The summed E-state index contributed by atoms with van der Waals surface area (Å²) in [6.45, 7) is 3.25. The minimum Gasteiger partial charge on any atom is -0.212 e. The summed E-state index contributed by atoms with van der Waals surface area (Å²) < 4.78 is 38.4. The molecule has 3 nitrogen and oxygen atoms in total. The molecule has 1 aromatic carbocycles. The maximum absolute atomic E-state index is 12.7. The quantitative estimate of drug-likeness (QED) is 0.830. The molecule has 1 aliphatic heterocycles. The summed E-state index contributed by atoms with van der Waals surface area (Å²) in [6.07, 6.45) is 0.919. The lowest BCUT2D eigenvalue weighted by Gasteiger charge is -2.15. The molecule has 0 spiro atoms. The van der Waals surface area contributed by atoms with E-state index < -0.39 is 10.0 Å². The van der Waals surface area contributed by atoms with E-state index in [9.17, 15) is 12.8 Å². The summed E-state index contributed by atoms with van der Waals surface area (Å²) in [6, 6.07) is 5.62. The van der Waals surface area contributed by atoms with Gasteiger partial charge in [0.05, 0.1) is 5.75 Å². The highest BCUT2D eigenvalue weighted by Crippen LogP contribution is 2.21. The number of hydrogen-bond acceptors (Lipinski definition) is 2. The summed E-state index contributed by atoms with van der Waals surface area (Å²) in [5.74, 6) is 0.0407. The van der Waals surface area contributed by atoms with Crippen LogP contribution in [0.5, 0.6) is 0 Å². The smallest absolute Gasteiger partial charge is 0.212 e. The van der Waals surface area contributed by atoms with Crippen LogP contribution in [-0.2, 0) is 15.8 Å². The van der Waals surface area contributed by atoms with Gasteiger partial charge in [0.2, 0.25) is 10.0 Å². The van der Waals surface area contributed by atoms with Crippen molar-refractivity contribution in [2.75, 3.05) is 13.1 Å². The second kappa shape index (κ2) is 4.74. The van der Waals surface area contributed by atoms with Gasteiger partial charge in [-0.25, -0.2) is 17.1 Å². The fourth-order valence-electron chi connectivity index (χ4n) is 2.03. The van der Waals surface area contributed by atoms with Gasteiger partial charge in [0.25, 0.3) is 0 Å². The van der Waals surface area contributed by atoms with Crippen LogP contribution < -0.4 is 0 Å². The van der Waals surface area contributed by atoms with Crippen molar-refractivity contribution >= 4 is 10.0 Å². The standard InChI is InChI=1S/C12H16FNO2S/c1-10-6-7-14(8-10)17(15,16)9-11-2-4-12(13)5-3-11/h2-5,10H,6-9H2,1H3. The van der Waals surface area contributed by atoms with Crippen molar-refractivity contribution in [2.24, 2.45) is 5.92 Å². The number of benzene rings is 1. The average molecular weight is 257 g/mol. The monoisotopic (exact) mass is 257 g/mol. The van der Waals surface area contributed by atoms with E-state index in [1.807, 2.05) is 6.92 Å². The minimum absolute atomic E-state index is 0.0417. The van der Waals surface area contributed by atoms with Crippen molar-refractivity contribution in [1.82, 2.24) is 4.31 Å². The Bertz CT molecular complexity index is 484. The zero-order valence-corrected chi connectivity index (χ0v) is 10.6. The van der Waals surface area contributed by atoms with Crippen LogP contribution in [0.25, 0.3) is 0 Å². The highest BCUT2D eigenvalue weighted by molar-refractivity contribution is 7.88. The van der Waals surface area contributed by atoms with E-state index in [-0.39, 0.29) is 11.6 Å². The summed E-state index contributed by atoms with van der Waals surface area (Å²) in [4.78, 5) is 0. The molecule has 0 radical (unpaired) electrons. The molecule has 1 heterocycles. The Morgan fingerprint density at radius 1 is 1.35 bits per heavy atom.